The van der Waals surface area contributed by atoms with Crippen LogP contribution in [0.1, 0.15) is 28.4 Å². The van der Waals surface area contributed by atoms with Gasteiger partial charge in [-0.3, -0.25) is 0 Å². The van der Waals surface area contributed by atoms with Crippen LogP contribution in [0.15, 0.2) is 71.8 Å². The number of aromatic nitrogens is 1. The van der Waals surface area contributed by atoms with Gasteiger partial charge in [0.1, 0.15) is 0 Å². The molecule has 0 radical (unpaired) electrons. The zero-order valence-corrected chi connectivity index (χ0v) is 16.4. The average Bonchev–Trinajstić information content (AvgIpc) is 3.16. The molecule has 1 aromatic heterocycles. The Kier molecular flexibility index (Phi) is 4.78. The van der Waals surface area contributed by atoms with Crippen LogP contribution in [0, 0.1) is 6.92 Å². The molecule has 0 N–H and O–H groups in total. The highest BCUT2D eigenvalue weighted by atomic mass is 32.2. The molecule has 152 valence electrons. The Morgan fingerprint density at radius 2 is 1.69 bits per heavy atom. The third-order valence-corrected chi connectivity index (χ3v) is 7.02. The minimum atomic E-state index is -4.61. The molecule has 4 rings (SSSR count). The molecule has 4 nitrogen and oxygen atoms in total. The number of aryl methyl sites for hydroxylation is 1. The van der Waals surface area contributed by atoms with Crippen LogP contribution in [0.3, 0.4) is 0 Å². The van der Waals surface area contributed by atoms with Crippen LogP contribution in [0.5, 0.6) is 0 Å². The van der Waals surface area contributed by atoms with Gasteiger partial charge in [0, 0.05) is 25.0 Å². The minimum Gasteiger partial charge on any atom is -0.348 e. The van der Waals surface area contributed by atoms with Crippen LogP contribution in [0.4, 0.5) is 13.2 Å². The van der Waals surface area contributed by atoms with E-state index in [1.807, 2.05) is 54.1 Å². The van der Waals surface area contributed by atoms with Crippen LogP contribution in [0.2, 0.25) is 0 Å². The molecule has 0 spiro atoms. The molecule has 0 saturated heterocycles. The van der Waals surface area contributed by atoms with E-state index in [9.17, 15) is 21.6 Å². The second kappa shape index (κ2) is 7.03. The Labute approximate surface area is 167 Å². The Bertz CT molecular complexity index is 1140. The van der Waals surface area contributed by atoms with Gasteiger partial charge in [0.15, 0.2) is 0 Å². The third kappa shape index (κ3) is 3.58. The van der Waals surface area contributed by atoms with Crippen molar-refractivity contribution in [2.75, 3.05) is 6.54 Å². The fraction of sp³-hybridized carbons (Fsp3) is 0.238. The van der Waals surface area contributed by atoms with Crippen molar-refractivity contribution < 1.29 is 21.6 Å². The second-order valence-corrected chi connectivity index (χ2v) is 8.97. The molecule has 1 aliphatic rings. The third-order valence-electron chi connectivity index (χ3n) is 5.16. The standard InChI is InChI=1S/C21H19F3N2O2S/c1-15-7-9-16(10-8-15)20-19-6-3-11-25(19)12-13-26(20)29(27,28)18-5-2-4-17(14-18)21(22,23)24/h2-11,14,20H,12-13H2,1H3/t20-/m1/s1. The summed E-state index contributed by atoms with van der Waals surface area (Å²) in [5, 5.41) is 0. The molecule has 1 atom stereocenters. The van der Waals surface area contributed by atoms with E-state index in [1.165, 1.54) is 10.4 Å². The Hall–Kier alpha value is -2.58. The van der Waals surface area contributed by atoms with Gasteiger partial charge in [0.05, 0.1) is 16.5 Å². The lowest BCUT2D eigenvalue weighted by Gasteiger charge is -2.36. The number of rotatable bonds is 3. The van der Waals surface area contributed by atoms with Crippen molar-refractivity contribution in [2.24, 2.45) is 0 Å². The molecule has 29 heavy (non-hydrogen) atoms. The lowest BCUT2D eigenvalue weighted by Crippen LogP contribution is -2.42. The highest BCUT2D eigenvalue weighted by molar-refractivity contribution is 7.89. The fourth-order valence-electron chi connectivity index (χ4n) is 3.68. The smallest absolute Gasteiger partial charge is 0.348 e. The van der Waals surface area contributed by atoms with Gasteiger partial charge in [-0.2, -0.15) is 17.5 Å². The lowest BCUT2D eigenvalue weighted by molar-refractivity contribution is -0.137. The van der Waals surface area contributed by atoms with E-state index in [4.69, 9.17) is 0 Å². The maximum absolute atomic E-state index is 13.4. The SMILES string of the molecule is Cc1ccc([C@@H]2c3cccn3CCN2S(=O)(=O)c2cccc(C(F)(F)F)c2)cc1. The van der Waals surface area contributed by atoms with Gasteiger partial charge in [-0.15, -0.1) is 0 Å². The van der Waals surface area contributed by atoms with E-state index in [2.05, 4.69) is 0 Å². The largest absolute Gasteiger partial charge is 0.416 e. The molecule has 0 amide bonds. The first-order chi connectivity index (χ1) is 13.7. The van der Waals surface area contributed by atoms with Gasteiger partial charge in [-0.1, -0.05) is 35.9 Å². The van der Waals surface area contributed by atoms with Crippen molar-refractivity contribution in [1.29, 1.82) is 0 Å². The highest BCUT2D eigenvalue weighted by Gasteiger charge is 2.39. The lowest BCUT2D eigenvalue weighted by atomic mass is 10.0. The van der Waals surface area contributed by atoms with E-state index in [0.29, 0.717) is 12.6 Å². The maximum atomic E-state index is 13.4. The summed E-state index contributed by atoms with van der Waals surface area (Å²) in [7, 11) is -4.15. The number of sulfonamides is 1. The molecular weight excluding hydrogens is 401 g/mol. The first kappa shape index (κ1) is 19.7. The van der Waals surface area contributed by atoms with Crippen molar-refractivity contribution >= 4 is 10.0 Å². The summed E-state index contributed by atoms with van der Waals surface area (Å²) in [4.78, 5) is -0.357. The number of fused-ring (bicyclic) bond motifs is 1. The molecular formula is C21H19F3N2O2S. The summed E-state index contributed by atoms with van der Waals surface area (Å²) in [5.41, 5.74) is 1.61. The Balaban J connectivity index is 1.83. The molecule has 0 saturated carbocycles. The second-order valence-electron chi connectivity index (χ2n) is 7.08. The zero-order chi connectivity index (χ0) is 20.8. The maximum Gasteiger partial charge on any atom is 0.416 e. The van der Waals surface area contributed by atoms with Crippen molar-refractivity contribution in [3.63, 3.8) is 0 Å². The van der Waals surface area contributed by atoms with E-state index in [1.54, 1.807) is 0 Å². The van der Waals surface area contributed by atoms with E-state index >= 15 is 0 Å². The number of hydrogen-bond acceptors (Lipinski definition) is 2. The first-order valence-corrected chi connectivity index (χ1v) is 10.5. The van der Waals surface area contributed by atoms with Gasteiger partial charge < -0.3 is 4.57 Å². The Morgan fingerprint density at radius 1 is 0.966 bits per heavy atom. The number of hydrogen-bond donors (Lipinski definition) is 0. The van der Waals surface area contributed by atoms with Crippen molar-refractivity contribution in [3.8, 4) is 0 Å². The highest BCUT2D eigenvalue weighted by Crippen LogP contribution is 2.38. The van der Waals surface area contributed by atoms with Crippen molar-refractivity contribution in [2.45, 2.75) is 30.6 Å². The summed E-state index contributed by atoms with van der Waals surface area (Å²) in [6.07, 6.45) is -2.73. The van der Waals surface area contributed by atoms with Gasteiger partial charge in [0.2, 0.25) is 10.0 Å². The molecule has 0 aliphatic carbocycles. The van der Waals surface area contributed by atoms with Crippen LogP contribution >= 0.6 is 0 Å². The fourth-order valence-corrected chi connectivity index (χ4v) is 5.30. The Morgan fingerprint density at radius 3 is 2.38 bits per heavy atom. The average molecular weight is 420 g/mol. The number of halogens is 3. The molecule has 3 aromatic rings. The van der Waals surface area contributed by atoms with Gasteiger partial charge in [-0.25, -0.2) is 8.42 Å². The topological polar surface area (TPSA) is 42.3 Å². The van der Waals surface area contributed by atoms with Crippen LogP contribution in [0.25, 0.3) is 0 Å². The van der Waals surface area contributed by atoms with Crippen LogP contribution in [-0.2, 0) is 22.7 Å². The normalized spacial score (nSPS) is 17.9. The molecule has 2 aromatic carbocycles. The van der Waals surface area contributed by atoms with Crippen molar-refractivity contribution in [3.05, 3.63) is 89.2 Å². The predicted molar refractivity (Wildman–Crippen MR) is 103 cm³/mol. The predicted octanol–water partition coefficient (Wildman–Crippen LogP) is 4.61. The summed E-state index contributed by atoms with van der Waals surface area (Å²) >= 11 is 0. The molecule has 1 aliphatic heterocycles. The van der Waals surface area contributed by atoms with Gasteiger partial charge >= 0.3 is 6.18 Å². The van der Waals surface area contributed by atoms with E-state index in [0.717, 1.165) is 29.0 Å². The minimum absolute atomic E-state index is 0.165. The zero-order valence-electron chi connectivity index (χ0n) is 15.6. The monoisotopic (exact) mass is 420 g/mol. The molecule has 8 heteroatoms. The molecule has 0 bridgehead atoms. The van der Waals surface area contributed by atoms with Gasteiger partial charge in [-0.05, 0) is 42.8 Å². The first-order valence-electron chi connectivity index (χ1n) is 9.08. The summed E-state index contributed by atoms with van der Waals surface area (Å²) in [5.74, 6) is 0. The van der Waals surface area contributed by atoms with E-state index < -0.39 is 27.8 Å². The molecule has 0 fully saturated rings. The summed E-state index contributed by atoms with van der Waals surface area (Å²) in [6, 6.07) is 14.5. The number of alkyl halides is 3. The van der Waals surface area contributed by atoms with Gasteiger partial charge in [0.25, 0.3) is 0 Å². The quantitative estimate of drug-likeness (QED) is 0.621. The number of nitrogens with zero attached hydrogens (tertiary/aromatic N) is 2. The summed E-state index contributed by atoms with van der Waals surface area (Å²) in [6.45, 7) is 2.53. The van der Waals surface area contributed by atoms with Crippen molar-refractivity contribution in [1.82, 2.24) is 8.87 Å². The molecule has 0 unspecified atom stereocenters. The molecule has 2 heterocycles. The number of benzene rings is 2. The summed E-state index contributed by atoms with van der Waals surface area (Å²) < 4.78 is 69.4. The van der Waals surface area contributed by atoms with E-state index in [-0.39, 0.29) is 11.4 Å². The van der Waals surface area contributed by atoms with Crippen LogP contribution < -0.4 is 0 Å². The van der Waals surface area contributed by atoms with Crippen LogP contribution in [-0.4, -0.2) is 23.8 Å².